The molecule has 0 aliphatic carbocycles. The van der Waals surface area contributed by atoms with Crippen LogP contribution in [0.2, 0.25) is 0 Å². The van der Waals surface area contributed by atoms with Crippen LogP contribution in [0.5, 0.6) is 0 Å². The first-order chi connectivity index (χ1) is 8.09. The molecule has 0 fully saturated rings. The molecule has 0 aliphatic heterocycles. The predicted molar refractivity (Wildman–Crippen MR) is 66.1 cm³/mol. The molecule has 1 rings (SSSR count). The molecule has 0 amide bonds. The molecule has 1 unspecified atom stereocenters. The summed E-state index contributed by atoms with van der Waals surface area (Å²) in [7, 11) is 0. The summed E-state index contributed by atoms with van der Waals surface area (Å²) < 4.78 is 4.93. The average Bonchev–Trinajstić information content (AvgIpc) is 2.29. The van der Waals surface area contributed by atoms with Crippen LogP contribution in [0.25, 0.3) is 0 Å². The molecule has 1 aromatic rings. The molecule has 0 aliphatic rings. The molecule has 0 aromatic heterocycles. The van der Waals surface area contributed by atoms with Crippen molar-refractivity contribution in [2.45, 2.75) is 18.1 Å². The maximum absolute atomic E-state index is 11.3. The molecular formula is C12H14O4S. The normalized spacial score (nSPS) is 11.8. The van der Waals surface area contributed by atoms with E-state index in [0.717, 1.165) is 5.56 Å². The zero-order valence-electron chi connectivity index (χ0n) is 9.20. The third-order valence-corrected chi connectivity index (χ3v) is 2.51. The minimum Gasteiger partial charge on any atom is -0.481 e. The van der Waals surface area contributed by atoms with Crippen molar-refractivity contribution in [3.63, 3.8) is 0 Å². The van der Waals surface area contributed by atoms with Crippen LogP contribution in [-0.4, -0.2) is 28.9 Å². The van der Waals surface area contributed by atoms with Crippen molar-refractivity contribution in [2.75, 3.05) is 6.61 Å². The Morgan fingerprint density at radius 3 is 2.53 bits per heavy atom. The molecule has 1 atom stereocenters. The highest BCUT2D eigenvalue weighted by atomic mass is 32.1. The van der Waals surface area contributed by atoms with Gasteiger partial charge in [-0.3, -0.25) is 9.59 Å². The molecule has 0 spiro atoms. The first-order valence-electron chi connectivity index (χ1n) is 5.20. The SMILES string of the molecule is O=C(O)CC(S)C(=O)OCCc1ccccc1. The molecule has 1 aromatic carbocycles. The summed E-state index contributed by atoms with van der Waals surface area (Å²) in [6, 6.07) is 9.59. The third-order valence-electron chi connectivity index (χ3n) is 2.12. The van der Waals surface area contributed by atoms with Crippen LogP contribution in [0.3, 0.4) is 0 Å². The lowest BCUT2D eigenvalue weighted by Crippen LogP contribution is -2.22. The number of thiol groups is 1. The van der Waals surface area contributed by atoms with Gasteiger partial charge in [0.1, 0.15) is 5.25 Å². The van der Waals surface area contributed by atoms with Crippen molar-refractivity contribution in [2.24, 2.45) is 0 Å². The number of esters is 1. The summed E-state index contributed by atoms with van der Waals surface area (Å²) in [5, 5.41) is 7.58. The third kappa shape index (κ3) is 5.40. The van der Waals surface area contributed by atoms with Crippen molar-refractivity contribution in [3.8, 4) is 0 Å². The van der Waals surface area contributed by atoms with Crippen LogP contribution in [-0.2, 0) is 20.7 Å². The molecule has 17 heavy (non-hydrogen) atoms. The highest BCUT2D eigenvalue weighted by molar-refractivity contribution is 7.81. The van der Waals surface area contributed by atoms with Crippen molar-refractivity contribution in [1.82, 2.24) is 0 Å². The Hall–Kier alpha value is -1.49. The second-order valence-corrected chi connectivity index (χ2v) is 4.14. The highest BCUT2D eigenvalue weighted by Crippen LogP contribution is 2.05. The number of hydrogen-bond acceptors (Lipinski definition) is 4. The zero-order valence-corrected chi connectivity index (χ0v) is 10.1. The Morgan fingerprint density at radius 2 is 1.94 bits per heavy atom. The van der Waals surface area contributed by atoms with E-state index >= 15 is 0 Å². The molecule has 1 N–H and O–H groups in total. The van der Waals surface area contributed by atoms with Gasteiger partial charge >= 0.3 is 11.9 Å². The lowest BCUT2D eigenvalue weighted by atomic mass is 10.2. The fraction of sp³-hybridized carbons (Fsp3) is 0.333. The van der Waals surface area contributed by atoms with Gasteiger partial charge in [0, 0.05) is 6.42 Å². The number of benzene rings is 1. The summed E-state index contributed by atoms with van der Waals surface area (Å²) in [4.78, 5) is 21.7. The van der Waals surface area contributed by atoms with Gasteiger partial charge in [-0.2, -0.15) is 12.6 Å². The fourth-order valence-corrected chi connectivity index (χ4v) is 1.49. The smallest absolute Gasteiger partial charge is 0.319 e. The van der Waals surface area contributed by atoms with Crippen LogP contribution >= 0.6 is 12.6 Å². The van der Waals surface area contributed by atoms with Gasteiger partial charge in [-0.15, -0.1) is 0 Å². The molecule has 0 saturated carbocycles. The van der Waals surface area contributed by atoms with Gasteiger partial charge in [0.15, 0.2) is 0 Å². The summed E-state index contributed by atoms with van der Waals surface area (Å²) >= 11 is 3.87. The topological polar surface area (TPSA) is 63.6 Å². The average molecular weight is 254 g/mol. The summed E-state index contributed by atoms with van der Waals surface area (Å²) in [6.45, 7) is 0.236. The van der Waals surface area contributed by atoms with Gasteiger partial charge < -0.3 is 9.84 Å². The minimum atomic E-state index is -1.06. The van der Waals surface area contributed by atoms with Crippen LogP contribution in [0, 0.1) is 0 Å². The van der Waals surface area contributed by atoms with Gasteiger partial charge in [0.05, 0.1) is 13.0 Å². The van der Waals surface area contributed by atoms with E-state index < -0.39 is 17.2 Å². The number of carbonyl (C=O) groups excluding carboxylic acids is 1. The number of aliphatic carboxylic acids is 1. The van der Waals surface area contributed by atoms with E-state index in [-0.39, 0.29) is 13.0 Å². The molecule has 0 saturated heterocycles. The van der Waals surface area contributed by atoms with E-state index in [1.165, 1.54) is 0 Å². The van der Waals surface area contributed by atoms with E-state index in [1.807, 2.05) is 30.3 Å². The van der Waals surface area contributed by atoms with Crippen LogP contribution in [0.1, 0.15) is 12.0 Å². The second-order valence-electron chi connectivity index (χ2n) is 3.52. The Morgan fingerprint density at radius 1 is 1.29 bits per heavy atom. The van der Waals surface area contributed by atoms with Gasteiger partial charge in [0.25, 0.3) is 0 Å². The van der Waals surface area contributed by atoms with Gasteiger partial charge in [-0.25, -0.2) is 0 Å². The maximum Gasteiger partial charge on any atom is 0.319 e. The first kappa shape index (κ1) is 13.6. The maximum atomic E-state index is 11.3. The molecule has 0 bridgehead atoms. The Kier molecular flexibility index (Phi) is 5.56. The molecule has 92 valence electrons. The van der Waals surface area contributed by atoms with Crippen LogP contribution in [0.4, 0.5) is 0 Å². The van der Waals surface area contributed by atoms with E-state index in [9.17, 15) is 9.59 Å². The van der Waals surface area contributed by atoms with Crippen LogP contribution < -0.4 is 0 Å². The summed E-state index contributed by atoms with van der Waals surface area (Å²) in [5.41, 5.74) is 1.06. The molecule has 4 nitrogen and oxygen atoms in total. The number of ether oxygens (including phenoxy) is 1. The predicted octanol–water partition coefficient (Wildman–Crippen LogP) is 1.55. The lowest BCUT2D eigenvalue weighted by Gasteiger charge is -2.08. The van der Waals surface area contributed by atoms with Crippen molar-refractivity contribution >= 4 is 24.6 Å². The summed E-state index contributed by atoms with van der Waals surface area (Å²) in [5.74, 6) is -1.66. The Balaban J connectivity index is 2.27. The molecule has 0 heterocycles. The quantitative estimate of drug-likeness (QED) is 0.597. The Labute approximate surface area is 105 Å². The number of hydrogen-bond donors (Lipinski definition) is 2. The van der Waals surface area contributed by atoms with E-state index in [0.29, 0.717) is 6.42 Å². The number of rotatable bonds is 6. The molecule has 0 radical (unpaired) electrons. The van der Waals surface area contributed by atoms with Gasteiger partial charge in [-0.1, -0.05) is 30.3 Å². The van der Waals surface area contributed by atoms with Crippen molar-refractivity contribution < 1.29 is 19.4 Å². The second kappa shape index (κ2) is 6.96. The number of carboxylic acid groups (broad SMARTS) is 1. The van der Waals surface area contributed by atoms with Crippen LogP contribution in [0.15, 0.2) is 30.3 Å². The van der Waals surface area contributed by atoms with Gasteiger partial charge in [-0.05, 0) is 5.56 Å². The highest BCUT2D eigenvalue weighted by Gasteiger charge is 2.18. The largest absolute Gasteiger partial charge is 0.481 e. The standard InChI is InChI=1S/C12H14O4S/c13-11(14)8-10(17)12(15)16-7-6-9-4-2-1-3-5-9/h1-5,10,17H,6-8H2,(H,13,14). The van der Waals surface area contributed by atoms with E-state index in [4.69, 9.17) is 9.84 Å². The van der Waals surface area contributed by atoms with E-state index in [2.05, 4.69) is 12.6 Å². The number of carbonyl (C=O) groups is 2. The fourth-order valence-electron chi connectivity index (χ4n) is 1.26. The monoisotopic (exact) mass is 254 g/mol. The summed E-state index contributed by atoms with van der Waals surface area (Å²) in [6.07, 6.45) is 0.285. The van der Waals surface area contributed by atoms with Crippen molar-refractivity contribution in [3.05, 3.63) is 35.9 Å². The lowest BCUT2D eigenvalue weighted by molar-refractivity contribution is -0.146. The molecular weight excluding hydrogens is 240 g/mol. The van der Waals surface area contributed by atoms with E-state index in [1.54, 1.807) is 0 Å². The van der Waals surface area contributed by atoms with Crippen molar-refractivity contribution in [1.29, 1.82) is 0 Å². The minimum absolute atomic E-state index is 0.236. The van der Waals surface area contributed by atoms with Gasteiger partial charge in [0.2, 0.25) is 0 Å². The first-order valence-corrected chi connectivity index (χ1v) is 5.71. The number of carboxylic acids is 1. The molecule has 5 heteroatoms. The zero-order chi connectivity index (χ0) is 12.7. The Bertz CT molecular complexity index is 377.